The fourth-order valence-corrected chi connectivity index (χ4v) is 2.61. The maximum atomic E-state index is 11.7. The highest BCUT2D eigenvalue weighted by Gasteiger charge is 2.20. The van der Waals surface area contributed by atoms with E-state index >= 15 is 0 Å². The Morgan fingerprint density at radius 3 is 2.45 bits per heavy atom. The predicted molar refractivity (Wildman–Crippen MR) is 80.8 cm³/mol. The summed E-state index contributed by atoms with van der Waals surface area (Å²) in [6.07, 6.45) is 0.772. The molecule has 0 unspecified atom stereocenters. The summed E-state index contributed by atoms with van der Waals surface area (Å²) in [5.74, 6) is -0.302. The summed E-state index contributed by atoms with van der Waals surface area (Å²) < 4.78 is 0. The topological polar surface area (TPSA) is 66.4 Å². The van der Waals surface area contributed by atoms with Gasteiger partial charge < -0.3 is 10.4 Å². The van der Waals surface area contributed by atoms with Gasteiger partial charge in [-0.3, -0.25) is 4.79 Å². The average molecular weight is 295 g/mol. The van der Waals surface area contributed by atoms with E-state index in [4.69, 9.17) is 5.11 Å². The molecule has 0 bridgehead atoms. The molecule has 2 N–H and O–H groups in total. The monoisotopic (exact) mass is 295 g/mol. The molecule has 0 saturated carbocycles. The third-order valence-electron chi connectivity index (χ3n) is 2.68. The molecule has 1 amide bonds. The number of carboxylic acid groups (broad SMARTS) is 1. The lowest BCUT2D eigenvalue weighted by Gasteiger charge is -2.16. The highest BCUT2D eigenvalue weighted by molar-refractivity contribution is 7.99. The second-order valence-electron chi connectivity index (χ2n) is 5.00. The molecule has 0 heterocycles. The van der Waals surface area contributed by atoms with Crippen LogP contribution in [0.2, 0.25) is 0 Å². The summed E-state index contributed by atoms with van der Waals surface area (Å²) in [6, 6.07) is 9.03. The van der Waals surface area contributed by atoms with Gasteiger partial charge in [-0.05, 0) is 24.5 Å². The lowest BCUT2D eigenvalue weighted by atomic mass is 10.0. The minimum atomic E-state index is -0.970. The van der Waals surface area contributed by atoms with Crippen LogP contribution >= 0.6 is 11.8 Å². The van der Waals surface area contributed by atoms with Crippen LogP contribution in [0.3, 0.4) is 0 Å². The van der Waals surface area contributed by atoms with Crippen molar-refractivity contribution in [3.8, 4) is 0 Å². The fraction of sp³-hybridized carbons (Fsp3) is 0.467. The van der Waals surface area contributed by atoms with Crippen molar-refractivity contribution in [3.63, 3.8) is 0 Å². The summed E-state index contributed by atoms with van der Waals surface area (Å²) in [5.41, 5.74) is 0. The van der Waals surface area contributed by atoms with Gasteiger partial charge in [0, 0.05) is 17.1 Å². The number of amides is 1. The summed E-state index contributed by atoms with van der Waals surface area (Å²) in [7, 11) is 0. The van der Waals surface area contributed by atoms with Crippen LogP contribution in [0.1, 0.15) is 26.7 Å². The van der Waals surface area contributed by atoms with E-state index in [0.29, 0.717) is 18.6 Å². The molecule has 110 valence electrons. The third kappa shape index (κ3) is 6.61. The first-order valence-electron chi connectivity index (χ1n) is 6.69. The van der Waals surface area contributed by atoms with Crippen LogP contribution in [-0.2, 0) is 9.59 Å². The van der Waals surface area contributed by atoms with Crippen LogP contribution in [0.5, 0.6) is 0 Å². The Morgan fingerprint density at radius 1 is 1.25 bits per heavy atom. The van der Waals surface area contributed by atoms with E-state index in [-0.39, 0.29) is 11.8 Å². The van der Waals surface area contributed by atoms with Gasteiger partial charge in [0.15, 0.2) is 0 Å². The Bertz CT molecular complexity index is 434. The quantitative estimate of drug-likeness (QED) is 0.724. The number of aliphatic carboxylic acids is 1. The number of carbonyl (C=O) groups excluding carboxylic acids is 1. The molecule has 5 heteroatoms. The molecule has 0 fully saturated rings. The van der Waals surface area contributed by atoms with Crippen LogP contribution in [0.25, 0.3) is 0 Å². The molecule has 1 atom stereocenters. The maximum Gasteiger partial charge on any atom is 0.326 e. The highest BCUT2D eigenvalue weighted by Crippen LogP contribution is 2.17. The molecule has 1 aromatic carbocycles. The van der Waals surface area contributed by atoms with Crippen molar-refractivity contribution in [1.29, 1.82) is 0 Å². The zero-order valence-corrected chi connectivity index (χ0v) is 12.7. The number of benzene rings is 1. The van der Waals surface area contributed by atoms with Gasteiger partial charge in [0.05, 0.1) is 0 Å². The fourth-order valence-electron chi connectivity index (χ4n) is 1.74. The first-order chi connectivity index (χ1) is 9.49. The Morgan fingerprint density at radius 2 is 1.90 bits per heavy atom. The summed E-state index contributed by atoms with van der Waals surface area (Å²) in [4.78, 5) is 23.9. The van der Waals surface area contributed by atoms with Crippen molar-refractivity contribution in [2.75, 3.05) is 5.75 Å². The molecular formula is C15H21NO3S. The number of nitrogens with one attached hydrogen (secondary N) is 1. The van der Waals surface area contributed by atoms with Gasteiger partial charge in [0.2, 0.25) is 5.91 Å². The van der Waals surface area contributed by atoms with Crippen LogP contribution < -0.4 is 5.32 Å². The molecule has 0 spiro atoms. The molecule has 0 aliphatic rings. The summed E-state index contributed by atoms with van der Waals surface area (Å²) >= 11 is 1.59. The Hall–Kier alpha value is -1.49. The predicted octanol–water partition coefficient (Wildman–Crippen LogP) is 2.78. The second kappa shape index (κ2) is 8.64. The van der Waals surface area contributed by atoms with Crippen molar-refractivity contribution in [1.82, 2.24) is 5.32 Å². The number of carboxylic acids is 1. The highest BCUT2D eigenvalue weighted by atomic mass is 32.2. The number of rotatable bonds is 8. The van der Waals surface area contributed by atoms with Crippen molar-refractivity contribution in [3.05, 3.63) is 30.3 Å². The SMILES string of the molecule is CC(C)C[C@@H](NC(=O)CCSc1ccccc1)C(=O)O. The van der Waals surface area contributed by atoms with E-state index in [1.54, 1.807) is 11.8 Å². The average Bonchev–Trinajstić information content (AvgIpc) is 2.38. The van der Waals surface area contributed by atoms with E-state index in [2.05, 4.69) is 5.32 Å². The molecule has 0 aliphatic heterocycles. The van der Waals surface area contributed by atoms with Gasteiger partial charge in [-0.25, -0.2) is 4.79 Å². The van der Waals surface area contributed by atoms with Gasteiger partial charge in [-0.15, -0.1) is 11.8 Å². The van der Waals surface area contributed by atoms with Gasteiger partial charge in [0.25, 0.3) is 0 Å². The van der Waals surface area contributed by atoms with Crippen LogP contribution in [0, 0.1) is 5.92 Å². The molecular weight excluding hydrogens is 274 g/mol. The second-order valence-corrected chi connectivity index (χ2v) is 6.17. The first kappa shape index (κ1) is 16.6. The van der Waals surface area contributed by atoms with Gasteiger partial charge >= 0.3 is 5.97 Å². The normalized spacial score (nSPS) is 12.2. The lowest BCUT2D eigenvalue weighted by molar-refractivity contribution is -0.142. The third-order valence-corrected chi connectivity index (χ3v) is 3.70. The summed E-state index contributed by atoms with van der Waals surface area (Å²) in [6.45, 7) is 3.88. The van der Waals surface area contributed by atoms with E-state index < -0.39 is 12.0 Å². The molecule has 0 saturated heterocycles. The van der Waals surface area contributed by atoms with Crippen molar-refractivity contribution >= 4 is 23.6 Å². The minimum absolute atomic E-state index is 0.207. The molecule has 1 rings (SSSR count). The number of thioether (sulfide) groups is 1. The zero-order valence-electron chi connectivity index (χ0n) is 11.8. The van der Waals surface area contributed by atoms with Crippen LogP contribution in [0.4, 0.5) is 0 Å². The lowest BCUT2D eigenvalue weighted by Crippen LogP contribution is -2.41. The number of hydrogen-bond donors (Lipinski definition) is 2. The number of carbonyl (C=O) groups is 2. The van der Waals surface area contributed by atoms with Crippen molar-refractivity contribution in [2.45, 2.75) is 37.6 Å². The molecule has 1 aromatic rings. The standard InChI is InChI=1S/C15H21NO3S/c1-11(2)10-13(15(18)19)16-14(17)8-9-20-12-6-4-3-5-7-12/h3-7,11,13H,8-10H2,1-2H3,(H,16,17)(H,18,19)/t13-/m1/s1. The Labute approximate surface area is 124 Å². The van der Waals surface area contributed by atoms with E-state index in [1.807, 2.05) is 44.2 Å². The Balaban J connectivity index is 2.33. The first-order valence-corrected chi connectivity index (χ1v) is 7.67. The molecule has 0 aromatic heterocycles. The van der Waals surface area contributed by atoms with E-state index in [9.17, 15) is 9.59 Å². The molecule has 4 nitrogen and oxygen atoms in total. The molecule has 0 radical (unpaired) electrons. The van der Waals surface area contributed by atoms with Gasteiger partial charge in [0.1, 0.15) is 6.04 Å². The maximum absolute atomic E-state index is 11.7. The van der Waals surface area contributed by atoms with Crippen molar-refractivity contribution in [2.24, 2.45) is 5.92 Å². The number of hydrogen-bond acceptors (Lipinski definition) is 3. The van der Waals surface area contributed by atoms with E-state index in [0.717, 1.165) is 4.90 Å². The molecule has 20 heavy (non-hydrogen) atoms. The van der Waals surface area contributed by atoms with Gasteiger partial charge in [-0.2, -0.15) is 0 Å². The summed E-state index contributed by atoms with van der Waals surface area (Å²) in [5, 5.41) is 11.6. The largest absolute Gasteiger partial charge is 0.480 e. The van der Waals surface area contributed by atoms with Gasteiger partial charge in [-0.1, -0.05) is 32.0 Å². The zero-order chi connectivity index (χ0) is 15.0. The van der Waals surface area contributed by atoms with Crippen molar-refractivity contribution < 1.29 is 14.7 Å². The van der Waals surface area contributed by atoms with E-state index in [1.165, 1.54) is 0 Å². The Kier molecular flexibility index (Phi) is 7.15. The van der Waals surface area contributed by atoms with Crippen LogP contribution in [0.15, 0.2) is 35.2 Å². The molecule has 0 aliphatic carbocycles. The van der Waals surface area contributed by atoms with Crippen LogP contribution in [-0.4, -0.2) is 28.8 Å². The smallest absolute Gasteiger partial charge is 0.326 e. The minimum Gasteiger partial charge on any atom is -0.480 e.